The second-order valence-electron chi connectivity index (χ2n) is 11.3. The van der Waals surface area contributed by atoms with E-state index >= 15 is 0 Å². The van der Waals surface area contributed by atoms with E-state index in [0.29, 0.717) is 58.8 Å². The summed E-state index contributed by atoms with van der Waals surface area (Å²) >= 11 is 5.48. The van der Waals surface area contributed by atoms with E-state index in [4.69, 9.17) is 21.7 Å². The molecule has 0 amide bonds. The van der Waals surface area contributed by atoms with E-state index < -0.39 is 18.5 Å². The van der Waals surface area contributed by atoms with Gasteiger partial charge in [0, 0.05) is 74.2 Å². The van der Waals surface area contributed by atoms with Crippen molar-refractivity contribution in [3.05, 3.63) is 53.6 Å². The van der Waals surface area contributed by atoms with Crippen LogP contribution in [0, 0.1) is 17.8 Å². The number of likely N-dealkylation sites (N-methyl/N-ethyl adjacent to an activating group) is 1. The van der Waals surface area contributed by atoms with E-state index in [-0.39, 0.29) is 24.5 Å². The Labute approximate surface area is 289 Å². The van der Waals surface area contributed by atoms with Gasteiger partial charge in [-0.15, -0.1) is 0 Å². The third kappa shape index (κ3) is 10.8. The number of halogens is 4. The number of nitrogens with zero attached hydrogens (tertiary/aromatic N) is 4. The molecule has 49 heavy (non-hydrogen) atoms. The van der Waals surface area contributed by atoms with E-state index in [1.54, 1.807) is 12.4 Å². The quantitative estimate of drug-likeness (QED) is 0.0968. The average Bonchev–Trinajstić information content (AvgIpc) is 3.95. The summed E-state index contributed by atoms with van der Waals surface area (Å²) in [5.74, 6) is 3.03. The molecule has 3 aliphatic rings. The summed E-state index contributed by atoms with van der Waals surface area (Å²) in [6.45, 7) is 3.75. The number of ether oxygens (including phenoxy) is 1. The zero-order valence-corrected chi connectivity index (χ0v) is 28.4. The van der Waals surface area contributed by atoms with Crippen LogP contribution in [0.15, 0.2) is 47.4 Å². The van der Waals surface area contributed by atoms with Gasteiger partial charge >= 0.3 is 0 Å². The van der Waals surface area contributed by atoms with E-state index in [1.165, 1.54) is 26.4 Å². The summed E-state index contributed by atoms with van der Waals surface area (Å²) in [6, 6.07) is 7.40. The third-order valence-corrected chi connectivity index (χ3v) is 8.28. The van der Waals surface area contributed by atoms with E-state index in [9.17, 15) is 22.4 Å². The molecule has 15 heteroatoms. The number of carbonyl (C=O) groups is 2. The minimum Gasteiger partial charge on any atom is -0.494 e. The lowest BCUT2D eigenvalue weighted by atomic mass is 9.82. The number of nitrogens with one attached hydrogen (secondary N) is 2. The van der Waals surface area contributed by atoms with Crippen molar-refractivity contribution in [1.82, 2.24) is 20.5 Å². The van der Waals surface area contributed by atoms with Crippen molar-refractivity contribution in [3.8, 4) is 28.7 Å². The molecule has 264 valence electrons. The van der Waals surface area contributed by atoms with Crippen LogP contribution in [0.3, 0.4) is 0 Å². The minimum atomic E-state index is -2.77. The van der Waals surface area contributed by atoms with Crippen LogP contribution in [0.5, 0.6) is 5.75 Å². The lowest BCUT2D eigenvalue weighted by Crippen LogP contribution is -2.44. The molecule has 2 fully saturated rings. The Morgan fingerprint density at radius 2 is 1.92 bits per heavy atom. The number of anilines is 1. The van der Waals surface area contributed by atoms with Gasteiger partial charge in [0.25, 0.3) is 12.3 Å². The first-order chi connectivity index (χ1) is 23.6. The van der Waals surface area contributed by atoms with Crippen molar-refractivity contribution in [2.45, 2.75) is 50.2 Å². The molecule has 0 spiro atoms. The van der Waals surface area contributed by atoms with Crippen LogP contribution >= 0.6 is 12.2 Å². The molecule has 1 aromatic heterocycles. The van der Waals surface area contributed by atoms with Gasteiger partial charge in [-0.2, -0.15) is 0 Å². The van der Waals surface area contributed by atoms with Crippen molar-refractivity contribution in [1.29, 1.82) is 0 Å². The summed E-state index contributed by atoms with van der Waals surface area (Å²) in [5.41, 5.74) is 7.07. The number of hydrogen-bond donors (Lipinski definition) is 3. The van der Waals surface area contributed by atoms with Crippen LogP contribution in [0.25, 0.3) is 11.1 Å². The van der Waals surface area contributed by atoms with Crippen molar-refractivity contribution in [2.24, 2.45) is 16.6 Å². The Morgan fingerprint density at radius 1 is 1.20 bits per heavy atom. The lowest BCUT2D eigenvalue weighted by Gasteiger charge is -2.31. The number of allylic oxidation sites excluding steroid dienone is 1. The zero-order valence-electron chi connectivity index (χ0n) is 27.6. The third-order valence-electron chi connectivity index (χ3n) is 7.95. The van der Waals surface area contributed by atoms with Crippen LogP contribution in [0.4, 0.5) is 23.2 Å². The van der Waals surface area contributed by atoms with Gasteiger partial charge < -0.3 is 35.6 Å². The van der Waals surface area contributed by atoms with Gasteiger partial charge in [0.1, 0.15) is 35.2 Å². The molecule has 10 nitrogen and oxygen atoms in total. The molecule has 1 atom stereocenters. The predicted octanol–water partition coefficient (Wildman–Crippen LogP) is 4.34. The normalized spacial score (nSPS) is 18.0. The molecule has 2 aromatic rings. The van der Waals surface area contributed by atoms with Crippen molar-refractivity contribution < 1.29 is 31.9 Å². The number of thiocarbonyl (C=S) groups is 1. The largest absolute Gasteiger partial charge is 0.494 e. The van der Waals surface area contributed by atoms with Gasteiger partial charge in [0.05, 0.1) is 19.9 Å². The second kappa shape index (κ2) is 18.4. The fourth-order valence-electron chi connectivity index (χ4n) is 5.20. The molecule has 2 aliphatic carbocycles. The number of benzene rings is 1. The number of aromatic nitrogens is 1. The van der Waals surface area contributed by atoms with Gasteiger partial charge in [0.15, 0.2) is 6.17 Å². The number of pyridine rings is 1. The number of alkyl halides is 4. The summed E-state index contributed by atoms with van der Waals surface area (Å²) in [7, 11) is 4.89. The van der Waals surface area contributed by atoms with Gasteiger partial charge in [-0.1, -0.05) is 24.2 Å². The Balaban J connectivity index is 0.00000157. The highest BCUT2D eigenvalue weighted by Crippen LogP contribution is 2.42. The van der Waals surface area contributed by atoms with Crippen LogP contribution in [0.2, 0.25) is 0 Å². The number of methoxy groups -OCH3 is 1. The van der Waals surface area contributed by atoms with Crippen LogP contribution in [0.1, 0.15) is 43.4 Å². The Morgan fingerprint density at radius 3 is 2.51 bits per heavy atom. The summed E-state index contributed by atoms with van der Waals surface area (Å²) in [6.07, 6.45) is 3.68. The van der Waals surface area contributed by atoms with Crippen LogP contribution in [-0.2, 0) is 9.59 Å². The fourth-order valence-corrected chi connectivity index (χ4v) is 5.43. The number of aldehydes is 1. The average molecular weight is 704 g/mol. The number of carbonyl (C=O) groups excluding carboxylic acids is 2. The smallest absolute Gasteiger partial charge is 0.280 e. The first-order valence-corrected chi connectivity index (χ1v) is 15.9. The highest BCUT2D eigenvalue weighted by molar-refractivity contribution is 7.80. The monoisotopic (exact) mass is 703 g/mol. The Bertz CT molecular complexity index is 1570. The van der Waals surface area contributed by atoms with Crippen molar-refractivity contribution in [2.75, 3.05) is 45.7 Å². The molecular weight excluding hydrogens is 662 g/mol. The number of nitrogens with two attached hydrogens (primary N) is 1. The van der Waals surface area contributed by atoms with Crippen molar-refractivity contribution in [3.63, 3.8) is 0 Å². The molecule has 0 radical (unpaired) electrons. The molecule has 1 aliphatic heterocycles. The maximum Gasteiger partial charge on any atom is 0.280 e. The minimum absolute atomic E-state index is 0.241. The second-order valence-corrected chi connectivity index (χ2v) is 11.8. The maximum absolute atomic E-state index is 13.7. The van der Waals surface area contributed by atoms with E-state index in [2.05, 4.69) is 43.1 Å². The van der Waals surface area contributed by atoms with Crippen LogP contribution in [-0.4, -0.2) is 93.1 Å². The summed E-state index contributed by atoms with van der Waals surface area (Å²) < 4.78 is 59.1. The molecule has 4 N–H and O–H groups in total. The van der Waals surface area contributed by atoms with Crippen molar-refractivity contribution >= 4 is 42.2 Å². The lowest BCUT2D eigenvalue weighted by molar-refractivity contribution is -0.109. The highest BCUT2D eigenvalue weighted by Gasteiger charge is 2.44. The number of hydrogen-bond acceptors (Lipinski definition) is 10. The zero-order chi connectivity index (χ0) is 36.1. The molecule has 0 saturated heterocycles. The molecule has 1 unspecified atom stereocenters. The standard InChI is InChI=1S/C32H34F4N6O2S.CH5N.CH2O/c1-41(9-10-42(11-12-43)23-7-8-23)24-6-4-21(25(13-24)26-14-27(29(33)34)37-19-28(26)44-2)17-38-30-31(45)40-22(18-39-30)5-3-20-15-32(35,36)16-20;2*1-2/h4,6,12-14,17-20,23,29-30,39H,7-11,15-16H2,1-2H3,(H,40,45);2H2,1H3;1H2/b38-17+;;. The Hall–Kier alpha value is -4.39. The van der Waals surface area contributed by atoms with E-state index in [1.807, 2.05) is 36.9 Å². The first-order valence-electron chi connectivity index (χ1n) is 15.5. The molecule has 2 heterocycles. The Kier molecular flexibility index (Phi) is 14.7. The molecular formula is C34H41F4N7O3S. The van der Waals surface area contributed by atoms with E-state index in [0.717, 1.165) is 24.8 Å². The van der Waals surface area contributed by atoms with Crippen LogP contribution < -0.4 is 26.0 Å². The first kappa shape index (κ1) is 39.1. The maximum atomic E-state index is 13.7. The highest BCUT2D eigenvalue weighted by atomic mass is 32.1. The SMILES string of the molecule is C=O.CN.COc1cnc(C(F)F)cc1-c1cc(N(C)CCN(CC=O)C2CC2)ccc1/C=N/C1NC=C(C#CC2CC(F)(F)C2)NC1=S. The molecule has 5 rings (SSSR count). The summed E-state index contributed by atoms with van der Waals surface area (Å²) in [5, 5.41) is 6.06. The van der Waals surface area contributed by atoms with Gasteiger partial charge in [0.2, 0.25) is 0 Å². The van der Waals surface area contributed by atoms with Gasteiger partial charge in [-0.3, -0.25) is 14.9 Å². The molecule has 0 bridgehead atoms. The molecule has 2 saturated carbocycles. The van der Waals surface area contributed by atoms with Gasteiger partial charge in [-0.05, 0) is 49.6 Å². The predicted molar refractivity (Wildman–Crippen MR) is 186 cm³/mol. The number of aliphatic imine (C=N–C) groups is 1. The summed E-state index contributed by atoms with van der Waals surface area (Å²) in [4.78, 5) is 32.1. The molecule has 1 aromatic carbocycles. The number of rotatable bonds is 12. The fraction of sp³-hybridized carbons (Fsp3) is 0.441. The topological polar surface area (TPSA) is 125 Å². The van der Waals surface area contributed by atoms with Gasteiger partial charge in [-0.25, -0.2) is 17.6 Å².